The largest absolute Gasteiger partial charge is 0.478 e. The van der Waals surface area contributed by atoms with Crippen LogP contribution in [0.4, 0.5) is 5.69 Å². The number of carbonyl (C=O) groups is 2. The fourth-order valence-corrected chi connectivity index (χ4v) is 2.13. The fourth-order valence-electron chi connectivity index (χ4n) is 1.88. The number of rotatable bonds is 3. The molecule has 1 amide bonds. The van der Waals surface area contributed by atoms with Gasteiger partial charge >= 0.3 is 5.97 Å². The van der Waals surface area contributed by atoms with E-state index >= 15 is 0 Å². The molecule has 0 heterocycles. The number of carboxylic acids is 1. The minimum absolute atomic E-state index is 0.0833. The highest BCUT2D eigenvalue weighted by atomic mass is 35.5. The Morgan fingerprint density at radius 3 is 2.56 bits per heavy atom. The van der Waals surface area contributed by atoms with Gasteiger partial charge in [0.15, 0.2) is 0 Å². The Bertz CT molecular complexity index is 512. The third-order valence-corrected chi connectivity index (χ3v) is 3.49. The van der Waals surface area contributed by atoms with E-state index in [1.165, 1.54) is 12.1 Å². The number of anilines is 1. The maximum atomic E-state index is 11.9. The smallest absolute Gasteiger partial charge is 0.339 e. The second-order valence-electron chi connectivity index (χ2n) is 4.43. The Morgan fingerprint density at radius 1 is 1.39 bits per heavy atom. The maximum Gasteiger partial charge on any atom is 0.339 e. The number of hydrogen-bond acceptors (Lipinski definition) is 3. The summed E-state index contributed by atoms with van der Waals surface area (Å²) < 4.78 is 0. The lowest BCUT2D eigenvalue weighted by Crippen LogP contribution is -2.56. The Hall–Kier alpha value is -1.59. The molecule has 1 fully saturated rings. The molecular formula is C12H13ClN2O3. The molecule has 0 bridgehead atoms. The Morgan fingerprint density at radius 2 is 2.06 bits per heavy atom. The van der Waals surface area contributed by atoms with Crippen molar-refractivity contribution < 1.29 is 14.7 Å². The average molecular weight is 269 g/mol. The zero-order valence-electron chi connectivity index (χ0n) is 9.57. The van der Waals surface area contributed by atoms with Crippen molar-refractivity contribution in [1.82, 2.24) is 0 Å². The molecule has 1 aromatic carbocycles. The maximum absolute atomic E-state index is 11.9. The molecule has 1 aliphatic rings. The number of benzene rings is 1. The van der Waals surface area contributed by atoms with Crippen molar-refractivity contribution in [3.63, 3.8) is 0 Å². The molecule has 1 aliphatic carbocycles. The highest BCUT2D eigenvalue weighted by Crippen LogP contribution is 2.31. The Labute approximate surface area is 109 Å². The molecule has 4 N–H and O–H groups in total. The minimum atomic E-state index is -1.18. The Kier molecular flexibility index (Phi) is 3.28. The van der Waals surface area contributed by atoms with Crippen LogP contribution in [0.25, 0.3) is 0 Å². The topological polar surface area (TPSA) is 92.4 Å². The molecule has 0 aromatic heterocycles. The molecule has 6 heteroatoms. The minimum Gasteiger partial charge on any atom is -0.478 e. The molecule has 0 atom stereocenters. The van der Waals surface area contributed by atoms with Gasteiger partial charge in [0, 0.05) is 0 Å². The summed E-state index contributed by atoms with van der Waals surface area (Å²) in [5, 5.41) is 11.7. The molecule has 1 aromatic rings. The van der Waals surface area contributed by atoms with Crippen molar-refractivity contribution >= 4 is 29.2 Å². The van der Waals surface area contributed by atoms with Gasteiger partial charge in [0.1, 0.15) is 5.56 Å². The number of carboxylic acid groups (broad SMARTS) is 1. The van der Waals surface area contributed by atoms with Gasteiger partial charge in [-0.05, 0) is 31.4 Å². The summed E-state index contributed by atoms with van der Waals surface area (Å²) in [6, 6.07) is 4.53. The molecule has 0 radical (unpaired) electrons. The fraction of sp³-hybridized carbons (Fsp3) is 0.333. The van der Waals surface area contributed by atoms with Crippen molar-refractivity contribution in [2.24, 2.45) is 5.73 Å². The van der Waals surface area contributed by atoms with Crippen LogP contribution in [0.15, 0.2) is 18.2 Å². The quantitative estimate of drug-likeness (QED) is 0.780. The zero-order valence-corrected chi connectivity index (χ0v) is 10.3. The van der Waals surface area contributed by atoms with Gasteiger partial charge in [-0.2, -0.15) is 0 Å². The molecule has 18 heavy (non-hydrogen) atoms. The molecule has 5 nitrogen and oxygen atoms in total. The SMILES string of the molecule is NC1(C(=O)Nc2cccc(Cl)c2C(=O)O)CCC1. The van der Waals surface area contributed by atoms with E-state index in [2.05, 4.69) is 5.32 Å². The molecule has 0 aliphatic heterocycles. The van der Waals surface area contributed by atoms with E-state index in [4.69, 9.17) is 22.4 Å². The van der Waals surface area contributed by atoms with E-state index in [1.807, 2.05) is 0 Å². The van der Waals surface area contributed by atoms with Crippen LogP contribution in [-0.4, -0.2) is 22.5 Å². The summed E-state index contributed by atoms with van der Waals surface area (Å²) in [6.07, 6.45) is 2.13. The third kappa shape index (κ3) is 2.19. The van der Waals surface area contributed by atoms with E-state index in [0.717, 1.165) is 6.42 Å². The first-order chi connectivity index (χ1) is 8.44. The molecule has 0 unspecified atom stereocenters. The molecule has 96 valence electrons. The van der Waals surface area contributed by atoms with E-state index in [1.54, 1.807) is 6.07 Å². The van der Waals surface area contributed by atoms with Crippen LogP contribution < -0.4 is 11.1 Å². The zero-order chi connectivity index (χ0) is 13.3. The Balaban J connectivity index is 2.26. The van der Waals surface area contributed by atoms with Gasteiger partial charge in [0.25, 0.3) is 0 Å². The van der Waals surface area contributed by atoms with Crippen LogP contribution in [0.3, 0.4) is 0 Å². The van der Waals surface area contributed by atoms with Crippen molar-refractivity contribution in [1.29, 1.82) is 0 Å². The lowest BCUT2D eigenvalue weighted by Gasteiger charge is -2.36. The van der Waals surface area contributed by atoms with E-state index in [-0.39, 0.29) is 22.2 Å². The summed E-state index contributed by atoms with van der Waals surface area (Å²) in [6.45, 7) is 0. The van der Waals surface area contributed by atoms with Crippen LogP contribution in [0.2, 0.25) is 5.02 Å². The van der Waals surface area contributed by atoms with E-state index in [9.17, 15) is 9.59 Å². The standard InChI is InChI=1S/C12H13ClN2O3/c13-7-3-1-4-8(9(7)10(16)17)15-11(18)12(14)5-2-6-12/h1,3-4H,2,5-6,14H2,(H,15,18)(H,16,17). The van der Waals surface area contributed by atoms with Crippen LogP contribution in [0.1, 0.15) is 29.6 Å². The number of amides is 1. The van der Waals surface area contributed by atoms with Gasteiger partial charge in [0.05, 0.1) is 16.2 Å². The van der Waals surface area contributed by atoms with Crippen molar-refractivity contribution in [3.05, 3.63) is 28.8 Å². The normalized spacial score (nSPS) is 16.8. The van der Waals surface area contributed by atoms with Crippen molar-refractivity contribution in [3.8, 4) is 0 Å². The molecular weight excluding hydrogens is 256 g/mol. The van der Waals surface area contributed by atoms with Crippen LogP contribution in [-0.2, 0) is 4.79 Å². The predicted octanol–water partition coefficient (Wildman–Crippen LogP) is 1.86. The second-order valence-corrected chi connectivity index (χ2v) is 4.84. The lowest BCUT2D eigenvalue weighted by molar-refractivity contribution is -0.123. The molecule has 0 spiro atoms. The van der Waals surface area contributed by atoms with Crippen molar-refractivity contribution in [2.45, 2.75) is 24.8 Å². The van der Waals surface area contributed by atoms with Gasteiger partial charge in [-0.25, -0.2) is 4.79 Å². The summed E-state index contributed by atoms with van der Waals surface area (Å²) in [4.78, 5) is 23.0. The number of halogens is 1. The van der Waals surface area contributed by atoms with Crippen LogP contribution in [0, 0.1) is 0 Å². The first-order valence-corrected chi connectivity index (χ1v) is 5.94. The number of hydrogen-bond donors (Lipinski definition) is 3. The number of nitrogens with two attached hydrogens (primary N) is 1. The lowest BCUT2D eigenvalue weighted by atomic mass is 9.77. The summed E-state index contributed by atoms with van der Waals surface area (Å²) in [5.74, 6) is -1.55. The van der Waals surface area contributed by atoms with Gasteiger partial charge in [-0.3, -0.25) is 4.79 Å². The highest BCUT2D eigenvalue weighted by molar-refractivity contribution is 6.34. The van der Waals surface area contributed by atoms with Crippen LogP contribution >= 0.6 is 11.6 Å². The first kappa shape index (κ1) is 12.9. The highest BCUT2D eigenvalue weighted by Gasteiger charge is 2.40. The molecule has 1 saturated carbocycles. The van der Waals surface area contributed by atoms with E-state index in [0.29, 0.717) is 12.8 Å². The summed E-state index contributed by atoms with van der Waals surface area (Å²) in [7, 11) is 0. The molecule has 2 rings (SSSR count). The summed E-state index contributed by atoms with van der Waals surface area (Å²) in [5.41, 5.74) is 5.05. The van der Waals surface area contributed by atoms with Gasteiger partial charge in [-0.15, -0.1) is 0 Å². The average Bonchev–Trinajstić information content (AvgIpc) is 2.25. The number of nitrogens with one attached hydrogen (secondary N) is 1. The van der Waals surface area contributed by atoms with E-state index < -0.39 is 11.5 Å². The number of aromatic carboxylic acids is 1. The predicted molar refractivity (Wildman–Crippen MR) is 67.8 cm³/mol. The third-order valence-electron chi connectivity index (χ3n) is 3.17. The van der Waals surface area contributed by atoms with Gasteiger partial charge in [0.2, 0.25) is 5.91 Å². The summed E-state index contributed by atoms with van der Waals surface area (Å²) >= 11 is 5.81. The van der Waals surface area contributed by atoms with Crippen molar-refractivity contribution in [2.75, 3.05) is 5.32 Å². The van der Waals surface area contributed by atoms with Crippen LogP contribution in [0.5, 0.6) is 0 Å². The first-order valence-electron chi connectivity index (χ1n) is 5.56. The number of carbonyl (C=O) groups excluding carboxylic acids is 1. The monoisotopic (exact) mass is 268 g/mol. The van der Waals surface area contributed by atoms with Gasteiger partial charge in [-0.1, -0.05) is 17.7 Å². The second kappa shape index (κ2) is 4.59. The van der Waals surface area contributed by atoms with Gasteiger partial charge < -0.3 is 16.2 Å². The molecule has 0 saturated heterocycles.